The van der Waals surface area contributed by atoms with Gasteiger partial charge in [-0.25, -0.2) is 19.2 Å². The van der Waals surface area contributed by atoms with Crippen molar-refractivity contribution in [1.82, 2.24) is 29.4 Å². The lowest BCUT2D eigenvalue weighted by Gasteiger charge is -2.02. The summed E-state index contributed by atoms with van der Waals surface area (Å²) in [6.45, 7) is 2.02. The van der Waals surface area contributed by atoms with E-state index in [1.54, 1.807) is 21.7 Å². The number of fused-ring (bicyclic) bond motifs is 3. The van der Waals surface area contributed by atoms with Crippen LogP contribution >= 0.6 is 11.6 Å². The van der Waals surface area contributed by atoms with Gasteiger partial charge < -0.3 is 0 Å². The second-order valence-corrected chi connectivity index (χ2v) is 5.10. The summed E-state index contributed by atoms with van der Waals surface area (Å²) in [6.07, 6.45) is 4.22. The van der Waals surface area contributed by atoms with Crippen LogP contribution in [0.15, 0.2) is 36.8 Å². The molecule has 0 aliphatic carbocycles. The number of halogens is 1. The van der Waals surface area contributed by atoms with Crippen LogP contribution in [0.4, 0.5) is 0 Å². The van der Waals surface area contributed by atoms with Crippen molar-refractivity contribution in [2.75, 3.05) is 0 Å². The molecule has 0 amide bonds. The van der Waals surface area contributed by atoms with E-state index in [1.807, 2.05) is 31.2 Å². The van der Waals surface area contributed by atoms with E-state index < -0.39 is 0 Å². The van der Waals surface area contributed by atoms with E-state index in [9.17, 15) is 0 Å². The van der Waals surface area contributed by atoms with E-state index in [0.29, 0.717) is 5.02 Å². The van der Waals surface area contributed by atoms with Crippen LogP contribution in [0.2, 0.25) is 5.02 Å². The van der Waals surface area contributed by atoms with E-state index >= 15 is 0 Å². The lowest BCUT2D eigenvalue weighted by Crippen LogP contribution is -1.98. The Morgan fingerprint density at radius 3 is 2.71 bits per heavy atom. The third-order valence-electron chi connectivity index (χ3n) is 3.34. The predicted molar refractivity (Wildman–Crippen MR) is 79.8 cm³/mol. The van der Waals surface area contributed by atoms with Crippen molar-refractivity contribution in [3.63, 3.8) is 0 Å². The summed E-state index contributed by atoms with van der Waals surface area (Å²) in [6, 6.07) is 7.47. The van der Waals surface area contributed by atoms with Crippen LogP contribution in [-0.2, 0) is 6.42 Å². The average molecular weight is 299 g/mol. The van der Waals surface area contributed by atoms with Gasteiger partial charge in [0.05, 0.1) is 17.3 Å². The number of hydrogen-bond acceptors (Lipinski definition) is 4. The lowest BCUT2D eigenvalue weighted by molar-refractivity contribution is 0.859. The van der Waals surface area contributed by atoms with Crippen molar-refractivity contribution in [1.29, 1.82) is 0 Å². The highest BCUT2D eigenvalue weighted by Gasteiger charge is 2.12. The summed E-state index contributed by atoms with van der Waals surface area (Å²) in [5.74, 6) is 0.795. The van der Waals surface area contributed by atoms with Crippen molar-refractivity contribution in [2.24, 2.45) is 0 Å². The molecule has 6 nitrogen and oxygen atoms in total. The summed E-state index contributed by atoms with van der Waals surface area (Å²) >= 11 is 5.92. The zero-order valence-corrected chi connectivity index (χ0v) is 12.0. The molecule has 0 aliphatic rings. The van der Waals surface area contributed by atoms with E-state index in [0.717, 1.165) is 34.6 Å². The maximum absolute atomic E-state index is 5.92. The maximum Gasteiger partial charge on any atom is 0.170 e. The molecule has 0 saturated heterocycles. The Labute approximate surface area is 125 Å². The number of rotatable bonds is 2. The first-order valence-electron chi connectivity index (χ1n) is 6.60. The van der Waals surface area contributed by atoms with Gasteiger partial charge in [-0.2, -0.15) is 5.10 Å². The quantitative estimate of drug-likeness (QED) is 0.571. The van der Waals surface area contributed by atoms with Crippen molar-refractivity contribution < 1.29 is 0 Å². The fourth-order valence-electron chi connectivity index (χ4n) is 2.29. The molecular formula is C14H11ClN6. The van der Waals surface area contributed by atoms with Gasteiger partial charge in [0, 0.05) is 11.4 Å². The summed E-state index contributed by atoms with van der Waals surface area (Å²) in [4.78, 5) is 8.96. The third kappa shape index (κ3) is 1.87. The van der Waals surface area contributed by atoms with Gasteiger partial charge in [0.25, 0.3) is 0 Å². The van der Waals surface area contributed by atoms with E-state index in [2.05, 4.69) is 20.2 Å². The fourth-order valence-corrected chi connectivity index (χ4v) is 2.41. The Kier molecular flexibility index (Phi) is 2.65. The standard InChI is InChI=1S/C14H11ClN6/c1-2-12-18-14-11-7-17-21(10-5-3-9(15)4-6-10)13(11)16-8-20(14)19-12/h3-8H,2H2,1H3. The second kappa shape index (κ2) is 4.53. The first kappa shape index (κ1) is 12.3. The van der Waals surface area contributed by atoms with Gasteiger partial charge in [0.2, 0.25) is 0 Å². The Balaban J connectivity index is 1.97. The molecule has 0 spiro atoms. The predicted octanol–water partition coefficient (Wildman–Crippen LogP) is 2.68. The lowest BCUT2D eigenvalue weighted by atomic mass is 10.3. The van der Waals surface area contributed by atoms with Gasteiger partial charge >= 0.3 is 0 Å². The topological polar surface area (TPSA) is 60.9 Å². The first-order valence-corrected chi connectivity index (χ1v) is 6.98. The minimum atomic E-state index is 0.690. The fraction of sp³-hybridized carbons (Fsp3) is 0.143. The average Bonchev–Trinajstić information content (AvgIpc) is 3.10. The summed E-state index contributed by atoms with van der Waals surface area (Å²) < 4.78 is 3.46. The van der Waals surface area contributed by atoms with Crippen LogP contribution in [0, 0.1) is 0 Å². The van der Waals surface area contributed by atoms with Crippen molar-refractivity contribution in [3.05, 3.63) is 47.6 Å². The molecule has 3 aromatic heterocycles. The zero-order chi connectivity index (χ0) is 14.4. The Hall–Kier alpha value is -2.47. The van der Waals surface area contributed by atoms with E-state index in [4.69, 9.17) is 11.6 Å². The van der Waals surface area contributed by atoms with Crippen molar-refractivity contribution >= 4 is 28.3 Å². The Morgan fingerprint density at radius 2 is 1.95 bits per heavy atom. The first-order chi connectivity index (χ1) is 10.3. The Morgan fingerprint density at radius 1 is 1.14 bits per heavy atom. The molecular weight excluding hydrogens is 288 g/mol. The summed E-state index contributed by atoms with van der Waals surface area (Å²) in [5, 5.41) is 10.3. The largest absolute Gasteiger partial charge is 0.216 e. The zero-order valence-electron chi connectivity index (χ0n) is 11.2. The van der Waals surface area contributed by atoms with Gasteiger partial charge in [0.15, 0.2) is 17.1 Å². The number of aromatic nitrogens is 6. The van der Waals surface area contributed by atoms with Gasteiger partial charge in [-0.1, -0.05) is 18.5 Å². The molecule has 0 fully saturated rings. The van der Waals surface area contributed by atoms with E-state index in [-0.39, 0.29) is 0 Å². The van der Waals surface area contributed by atoms with Crippen LogP contribution in [0.3, 0.4) is 0 Å². The van der Waals surface area contributed by atoms with E-state index in [1.165, 1.54) is 0 Å². The molecule has 0 atom stereocenters. The van der Waals surface area contributed by atoms with Crippen LogP contribution in [0.25, 0.3) is 22.4 Å². The molecule has 3 heterocycles. The highest BCUT2D eigenvalue weighted by Crippen LogP contribution is 2.20. The van der Waals surface area contributed by atoms with Crippen LogP contribution in [0.5, 0.6) is 0 Å². The molecule has 7 heteroatoms. The van der Waals surface area contributed by atoms with Crippen molar-refractivity contribution in [2.45, 2.75) is 13.3 Å². The van der Waals surface area contributed by atoms with Gasteiger partial charge in [-0.05, 0) is 24.3 Å². The smallest absolute Gasteiger partial charge is 0.170 e. The van der Waals surface area contributed by atoms with Gasteiger partial charge in [-0.15, -0.1) is 5.10 Å². The molecule has 0 aliphatic heterocycles. The molecule has 104 valence electrons. The monoisotopic (exact) mass is 298 g/mol. The highest BCUT2D eigenvalue weighted by atomic mass is 35.5. The number of hydrogen-bond donors (Lipinski definition) is 0. The Bertz CT molecular complexity index is 937. The molecule has 0 bridgehead atoms. The van der Waals surface area contributed by atoms with Gasteiger partial charge in [0.1, 0.15) is 6.33 Å². The molecule has 0 saturated carbocycles. The van der Waals surface area contributed by atoms with Crippen LogP contribution in [0.1, 0.15) is 12.7 Å². The molecule has 0 unspecified atom stereocenters. The molecule has 0 N–H and O–H groups in total. The summed E-state index contributed by atoms with van der Waals surface area (Å²) in [7, 11) is 0. The molecule has 0 radical (unpaired) electrons. The normalized spacial score (nSPS) is 11.5. The molecule has 21 heavy (non-hydrogen) atoms. The highest BCUT2D eigenvalue weighted by molar-refractivity contribution is 6.30. The van der Waals surface area contributed by atoms with Gasteiger partial charge in [-0.3, -0.25) is 0 Å². The SMILES string of the molecule is CCc1nc2c3cnn(-c4ccc(Cl)cc4)c3ncn2n1. The minimum Gasteiger partial charge on any atom is -0.216 e. The third-order valence-corrected chi connectivity index (χ3v) is 3.59. The van der Waals surface area contributed by atoms with Crippen LogP contribution in [-0.4, -0.2) is 29.4 Å². The second-order valence-electron chi connectivity index (χ2n) is 4.66. The van der Waals surface area contributed by atoms with Crippen molar-refractivity contribution in [3.8, 4) is 5.69 Å². The van der Waals surface area contributed by atoms with Crippen LogP contribution < -0.4 is 0 Å². The number of aryl methyl sites for hydroxylation is 1. The number of nitrogens with zero attached hydrogens (tertiary/aromatic N) is 6. The molecule has 4 rings (SSSR count). The maximum atomic E-state index is 5.92. The molecule has 1 aromatic carbocycles. The molecule has 4 aromatic rings. The summed E-state index contributed by atoms with van der Waals surface area (Å²) in [5.41, 5.74) is 2.43. The number of benzene rings is 1. The minimum absolute atomic E-state index is 0.690.